The van der Waals surface area contributed by atoms with Gasteiger partial charge in [-0.2, -0.15) is 24.7 Å². The normalized spacial score (nSPS) is 11.6. The van der Waals surface area contributed by atoms with Crippen LogP contribution in [0.3, 0.4) is 0 Å². The van der Waals surface area contributed by atoms with Crippen LogP contribution < -0.4 is 11.1 Å². The van der Waals surface area contributed by atoms with Gasteiger partial charge in [-0.15, -0.1) is 0 Å². The number of aliphatic hydroxyl groups is 1. The lowest BCUT2D eigenvalue weighted by molar-refractivity contribution is 0.220. The standard InChI is InChI=1S/C11H18N8O/c1-11(2,3-4-20)5-14-9-16-8(12)17-10(18-9)19-7-13-6-15-19/h6-7,20H,3-5H2,1-2H3,(H3,12,14,16,17,18). The quantitative estimate of drug-likeness (QED) is 0.666. The molecule has 0 aliphatic carbocycles. The van der Waals surface area contributed by atoms with Crippen molar-refractivity contribution in [2.24, 2.45) is 5.41 Å². The van der Waals surface area contributed by atoms with E-state index >= 15 is 0 Å². The fourth-order valence-corrected chi connectivity index (χ4v) is 1.58. The molecule has 0 fully saturated rings. The van der Waals surface area contributed by atoms with Crippen molar-refractivity contribution >= 4 is 11.9 Å². The second kappa shape index (κ2) is 5.78. The van der Waals surface area contributed by atoms with Crippen LogP contribution in [0.25, 0.3) is 5.95 Å². The van der Waals surface area contributed by atoms with E-state index in [1.54, 1.807) is 0 Å². The van der Waals surface area contributed by atoms with Crippen LogP contribution in [-0.2, 0) is 0 Å². The number of nitrogens with two attached hydrogens (primary N) is 1. The number of rotatable bonds is 6. The number of anilines is 2. The molecule has 0 saturated heterocycles. The summed E-state index contributed by atoms with van der Waals surface area (Å²) in [7, 11) is 0. The molecule has 0 saturated carbocycles. The minimum absolute atomic E-state index is 0.0798. The molecule has 0 atom stereocenters. The van der Waals surface area contributed by atoms with Gasteiger partial charge in [0.15, 0.2) is 0 Å². The summed E-state index contributed by atoms with van der Waals surface area (Å²) in [5.41, 5.74) is 5.58. The van der Waals surface area contributed by atoms with Crippen molar-refractivity contribution in [3.63, 3.8) is 0 Å². The molecule has 0 spiro atoms. The van der Waals surface area contributed by atoms with Crippen LogP contribution in [0.5, 0.6) is 0 Å². The van der Waals surface area contributed by atoms with Gasteiger partial charge in [-0.25, -0.2) is 4.98 Å². The molecule has 2 aromatic heterocycles. The van der Waals surface area contributed by atoms with Crippen LogP contribution in [0.4, 0.5) is 11.9 Å². The summed E-state index contributed by atoms with van der Waals surface area (Å²) in [5, 5.41) is 16.0. The number of aliphatic hydroxyl groups excluding tert-OH is 1. The molecule has 20 heavy (non-hydrogen) atoms. The Kier molecular flexibility index (Phi) is 4.08. The van der Waals surface area contributed by atoms with E-state index in [2.05, 4.69) is 30.4 Å². The van der Waals surface area contributed by atoms with Crippen molar-refractivity contribution in [3.05, 3.63) is 12.7 Å². The monoisotopic (exact) mass is 278 g/mol. The maximum absolute atomic E-state index is 9.00. The summed E-state index contributed by atoms with van der Waals surface area (Å²) in [6, 6.07) is 0. The minimum atomic E-state index is -0.0798. The first-order chi connectivity index (χ1) is 9.50. The summed E-state index contributed by atoms with van der Waals surface area (Å²) in [4.78, 5) is 16.1. The molecule has 9 heteroatoms. The summed E-state index contributed by atoms with van der Waals surface area (Å²) in [6.07, 6.45) is 3.54. The Morgan fingerprint density at radius 1 is 1.35 bits per heavy atom. The van der Waals surface area contributed by atoms with E-state index in [1.165, 1.54) is 17.3 Å². The zero-order chi connectivity index (χ0) is 14.6. The van der Waals surface area contributed by atoms with Crippen LogP contribution in [0.15, 0.2) is 12.7 Å². The van der Waals surface area contributed by atoms with E-state index in [-0.39, 0.29) is 18.0 Å². The van der Waals surface area contributed by atoms with Gasteiger partial charge in [-0.3, -0.25) is 0 Å². The van der Waals surface area contributed by atoms with Gasteiger partial charge in [0, 0.05) is 13.2 Å². The third-order valence-electron chi connectivity index (χ3n) is 2.78. The van der Waals surface area contributed by atoms with Gasteiger partial charge >= 0.3 is 0 Å². The molecule has 0 amide bonds. The first-order valence-electron chi connectivity index (χ1n) is 6.21. The van der Waals surface area contributed by atoms with Gasteiger partial charge in [-0.1, -0.05) is 13.8 Å². The highest BCUT2D eigenvalue weighted by Gasteiger charge is 2.18. The van der Waals surface area contributed by atoms with E-state index in [0.29, 0.717) is 24.9 Å². The molecule has 9 nitrogen and oxygen atoms in total. The van der Waals surface area contributed by atoms with Gasteiger partial charge < -0.3 is 16.2 Å². The third-order valence-corrected chi connectivity index (χ3v) is 2.78. The third kappa shape index (κ3) is 3.60. The van der Waals surface area contributed by atoms with Gasteiger partial charge in [-0.05, 0) is 11.8 Å². The first kappa shape index (κ1) is 14.1. The number of hydrogen-bond acceptors (Lipinski definition) is 8. The Balaban J connectivity index is 2.13. The molecular weight excluding hydrogens is 260 g/mol. The summed E-state index contributed by atoms with van der Waals surface area (Å²) < 4.78 is 1.40. The van der Waals surface area contributed by atoms with E-state index in [0.717, 1.165) is 0 Å². The second-order valence-corrected chi connectivity index (χ2v) is 5.15. The molecule has 2 heterocycles. The average Bonchev–Trinajstić information content (AvgIpc) is 2.90. The van der Waals surface area contributed by atoms with Crippen molar-refractivity contribution in [1.82, 2.24) is 29.7 Å². The van der Waals surface area contributed by atoms with Crippen LogP contribution in [0.2, 0.25) is 0 Å². The minimum Gasteiger partial charge on any atom is -0.396 e. The second-order valence-electron chi connectivity index (χ2n) is 5.15. The zero-order valence-corrected chi connectivity index (χ0v) is 11.5. The molecule has 0 radical (unpaired) electrons. The Hall–Kier alpha value is -2.29. The number of nitrogen functional groups attached to an aromatic ring is 1. The van der Waals surface area contributed by atoms with Crippen molar-refractivity contribution in [2.75, 3.05) is 24.2 Å². The molecule has 108 valence electrons. The highest BCUT2D eigenvalue weighted by Crippen LogP contribution is 2.20. The highest BCUT2D eigenvalue weighted by atomic mass is 16.3. The molecule has 0 bridgehead atoms. The van der Waals surface area contributed by atoms with E-state index in [4.69, 9.17) is 10.8 Å². The largest absolute Gasteiger partial charge is 0.396 e. The summed E-state index contributed by atoms with van der Waals surface area (Å²) in [5.74, 6) is 0.777. The molecule has 0 aliphatic rings. The van der Waals surface area contributed by atoms with Crippen LogP contribution in [-0.4, -0.2) is 48.0 Å². The first-order valence-corrected chi connectivity index (χ1v) is 6.21. The summed E-state index contributed by atoms with van der Waals surface area (Å²) >= 11 is 0. The maximum Gasteiger partial charge on any atom is 0.258 e. The predicted octanol–water partition coefficient (Wildman–Crippen LogP) is -0.145. The molecule has 4 N–H and O–H groups in total. The SMILES string of the molecule is CC(C)(CCO)CNc1nc(N)nc(-n2cncn2)n1. The Morgan fingerprint density at radius 3 is 2.80 bits per heavy atom. The molecular formula is C11H18N8O. The lowest BCUT2D eigenvalue weighted by Gasteiger charge is -2.23. The van der Waals surface area contributed by atoms with E-state index in [9.17, 15) is 0 Å². The fourth-order valence-electron chi connectivity index (χ4n) is 1.58. The number of nitrogens with zero attached hydrogens (tertiary/aromatic N) is 6. The molecule has 0 aromatic carbocycles. The topological polar surface area (TPSA) is 128 Å². The van der Waals surface area contributed by atoms with Gasteiger partial charge in [0.1, 0.15) is 12.7 Å². The molecule has 2 rings (SSSR count). The highest BCUT2D eigenvalue weighted by molar-refractivity contribution is 5.34. The smallest absolute Gasteiger partial charge is 0.258 e. The Morgan fingerprint density at radius 2 is 2.15 bits per heavy atom. The van der Waals surface area contributed by atoms with Gasteiger partial charge in [0.05, 0.1) is 0 Å². The van der Waals surface area contributed by atoms with Crippen molar-refractivity contribution < 1.29 is 5.11 Å². The van der Waals surface area contributed by atoms with Crippen molar-refractivity contribution in [3.8, 4) is 5.95 Å². The van der Waals surface area contributed by atoms with Gasteiger partial charge in [0.25, 0.3) is 5.95 Å². The Labute approximate surface area is 116 Å². The molecule has 0 aliphatic heterocycles. The maximum atomic E-state index is 9.00. The van der Waals surface area contributed by atoms with Crippen LogP contribution >= 0.6 is 0 Å². The molecule has 2 aromatic rings. The van der Waals surface area contributed by atoms with E-state index in [1.807, 2.05) is 13.8 Å². The lowest BCUT2D eigenvalue weighted by Crippen LogP contribution is -2.25. The fraction of sp³-hybridized carbons (Fsp3) is 0.545. The predicted molar refractivity (Wildman–Crippen MR) is 73.1 cm³/mol. The summed E-state index contributed by atoms with van der Waals surface area (Å²) in [6.45, 7) is 4.82. The van der Waals surface area contributed by atoms with Crippen LogP contribution in [0.1, 0.15) is 20.3 Å². The number of nitrogens with one attached hydrogen (secondary N) is 1. The number of aromatic nitrogens is 6. The van der Waals surface area contributed by atoms with Crippen LogP contribution in [0, 0.1) is 5.41 Å². The van der Waals surface area contributed by atoms with E-state index < -0.39 is 0 Å². The zero-order valence-electron chi connectivity index (χ0n) is 11.5. The average molecular weight is 278 g/mol. The lowest BCUT2D eigenvalue weighted by atomic mass is 9.90. The number of hydrogen-bond donors (Lipinski definition) is 3. The van der Waals surface area contributed by atoms with Gasteiger partial charge in [0.2, 0.25) is 11.9 Å². The molecule has 0 unspecified atom stereocenters. The van der Waals surface area contributed by atoms with Crippen molar-refractivity contribution in [2.45, 2.75) is 20.3 Å². The Bertz CT molecular complexity index is 554. The van der Waals surface area contributed by atoms with Crippen molar-refractivity contribution in [1.29, 1.82) is 0 Å².